The molecule has 1 atom stereocenters. The highest BCUT2D eigenvalue weighted by atomic mass is 79.9. The molecule has 0 aliphatic carbocycles. The summed E-state index contributed by atoms with van der Waals surface area (Å²) in [6.45, 7) is 6.06. The Bertz CT molecular complexity index is 568. The number of benzene rings is 1. The van der Waals surface area contributed by atoms with Crippen molar-refractivity contribution in [2.75, 3.05) is 6.54 Å². The smallest absolute Gasteiger partial charge is 0.0619 e. The van der Waals surface area contributed by atoms with Crippen molar-refractivity contribution in [1.82, 2.24) is 15.1 Å². The Hall–Kier alpha value is -0.840. The second-order valence-corrected chi connectivity index (χ2v) is 5.97. The SMILES string of the molecule is CCCNC(c1cnn(CC)c1)c1cc(Cl)ccc1Br. The summed E-state index contributed by atoms with van der Waals surface area (Å²) in [6, 6.07) is 5.98. The van der Waals surface area contributed by atoms with Crippen molar-refractivity contribution in [2.24, 2.45) is 0 Å². The van der Waals surface area contributed by atoms with Gasteiger partial charge in [0.25, 0.3) is 0 Å². The fraction of sp³-hybridized carbons (Fsp3) is 0.400. The zero-order valence-corrected chi connectivity index (χ0v) is 14.1. The fourth-order valence-corrected chi connectivity index (χ4v) is 2.79. The van der Waals surface area contributed by atoms with Crippen LogP contribution in [-0.4, -0.2) is 16.3 Å². The molecule has 0 amide bonds. The number of rotatable bonds is 6. The Labute approximate surface area is 133 Å². The first-order chi connectivity index (χ1) is 9.65. The van der Waals surface area contributed by atoms with Crippen molar-refractivity contribution in [3.63, 3.8) is 0 Å². The molecule has 0 bridgehead atoms. The number of hydrogen-bond acceptors (Lipinski definition) is 2. The average molecular weight is 357 g/mol. The molecule has 1 aromatic heterocycles. The van der Waals surface area contributed by atoms with Crippen molar-refractivity contribution >= 4 is 27.5 Å². The van der Waals surface area contributed by atoms with Gasteiger partial charge in [0.05, 0.1) is 12.2 Å². The van der Waals surface area contributed by atoms with E-state index in [2.05, 4.69) is 46.4 Å². The number of halogens is 2. The maximum atomic E-state index is 6.15. The Morgan fingerprint density at radius 1 is 1.40 bits per heavy atom. The van der Waals surface area contributed by atoms with E-state index in [0.29, 0.717) is 0 Å². The molecule has 5 heteroatoms. The van der Waals surface area contributed by atoms with Crippen LogP contribution in [0.5, 0.6) is 0 Å². The van der Waals surface area contributed by atoms with Gasteiger partial charge < -0.3 is 5.32 Å². The standard InChI is InChI=1S/C15H19BrClN3/c1-3-7-18-15(11-9-19-20(4-2)10-11)13-8-12(17)5-6-14(13)16/h5-6,8-10,15,18H,3-4,7H2,1-2H3. The molecule has 1 heterocycles. The van der Waals surface area contributed by atoms with Gasteiger partial charge in [0, 0.05) is 27.8 Å². The van der Waals surface area contributed by atoms with E-state index in [1.54, 1.807) is 0 Å². The summed E-state index contributed by atoms with van der Waals surface area (Å²) in [7, 11) is 0. The fourth-order valence-electron chi connectivity index (χ4n) is 2.13. The first-order valence-electron chi connectivity index (χ1n) is 6.86. The van der Waals surface area contributed by atoms with Crippen LogP contribution in [0.3, 0.4) is 0 Å². The van der Waals surface area contributed by atoms with Crippen LogP contribution in [-0.2, 0) is 6.54 Å². The van der Waals surface area contributed by atoms with Crippen LogP contribution in [0, 0.1) is 0 Å². The second-order valence-electron chi connectivity index (χ2n) is 4.68. The monoisotopic (exact) mass is 355 g/mol. The molecular formula is C15H19BrClN3. The van der Waals surface area contributed by atoms with Crippen LogP contribution >= 0.6 is 27.5 Å². The van der Waals surface area contributed by atoms with Gasteiger partial charge in [-0.05, 0) is 43.7 Å². The topological polar surface area (TPSA) is 29.9 Å². The van der Waals surface area contributed by atoms with E-state index in [-0.39, 0.29) is 6.04 Å². The largest absolute Gasteiger partial charge is 0.306 e. The molecular weight excluding hydrogens is 338 g/mol. The summed E-state index contributed by atoms with van der Waals surface area (Å²) < 4.78 is 2.99. The highest BCUT2D eigenvalue weighted by Gasteiger charge is 2.18. The highest BCUT2D eigenvalue weighted by Crippen LogP contribution is 2.30. The number of hydrogen-bond donors (Lipinski definition) is 1. The van der Waals surface area contributed by atoms with E-state index >= 15 is 0 Å². The number of nitrogens with one attached hydrogen (secondary N) is 1. The molecule has 0 spiro atoms. The van der Waals surface area contributed by atoms with Crippen molar-refractivity contribution in [3.05, 3.63) is 51.2 Å². The van der Waals surface area contributed by atoms with Gasteiger partial charge in [-0.15, -0.1) is 0 Å². The minimum atomic E-state index is 0.100. The molecule has 108 valence electrons. The molecule has 1 N–H and O–H groups in total. The van der Waals surface area contributed by atoms with Gasteiger partial charge in [-0.3, -0.25) is 4.68 Å². The molecule has 1 unspecified atom stereocenters. The van der Waals surface area contributed by atoms with Crippen LogP contribution in [0.15, 0.2) is 35.1 Å². The predicted molar refractivity (Wildman–Crippen MR) is 87.2 cm³/mol. The third-order valence-corrected chi connectivity index (χ3v) is 4.14. The molecule has 0 aliphatic rings. The molecule has 0 aliphatic heterocycles. The Kier molecular flexibility index (Phi) is 5.64. The van der Waals surface area contributed by atoms with E-state index in [9.17, 15) is 0 Å². The minimum Gasteiger partial charge on any atom is -0.306 e. The molecule has 0 saturated heterocycles. The van der Waals surface area contributed by atoms with Gasteiger partial charge in [-0.2, -0.15) is 5.10 Å². The summed E-state index contributed by atoms with van der Waals surface area (Å²) in [5.41, 5.74) is 2.30. The molecule has 20 heavy (non-hydrogen) atoms. The second kappa shape index (κ2) is 7.25. The van der Waals surface area contributed by atoms with Gasteiger partial charge in [0.1, 0.15) is 0 Å². The normalized spacial score (nSPS) is 12.6. The van der Waals surface area contributed by atoms with E-state index in [4.69, 9.17) is 11.6 Å². The molecule has 2 rings (SSSR count). The summed E-state index contributed by atoms with van der Waals surface area (Å²) in [5.74, 6) is 0. The maximum Gasteiger partial charge on any atom is 0.0619 e. The molecule has 3 nitrogen and oxygen atoms in total. The Balaban J connectivity index is 2.38. The van der Waals surface area contributed by atoms with E-state index < -0.39 is 0 Å². The lowest BCUT2D eigenvalue weighted by molar-refractivity contribution is 0.594. The molecule has 0 radical (unpaired) electrons. The average Bonchev–Trinajstić information content (AvgIpc) is 2.92. The van der Waals surface area contributed by atoms with Gasteiger partial charge in [0.15, 0.2) is 0 Å². The maximum absolute atomic E-state index is 6.15. The summed E-state index contributed by atoms with van der Waals surface area (Å²) >= 11 is 9.76. The molecule has 1 aromatic carbocycles. The summed E-state index contributed by atoms with van der Waals surface area (Å²) in [4.78, 5) is 0. The van der Waals surface area contributed by atoms with Gasteiger partial charge in [-0.1, -0.05) is 34.5 Å². The van der Waals surface area contributed by atoms with Crippen LogP contribution in [0.4, 0.5) is 0 Å². The van der Waals surface area contributed by atoms with Gasteiger partial charge in [-0.25, -0.2) is 0 Å². The zero-order chi connectivity index (χ0) is 14.5. The van der Waals surface area contributed by atoms with E-state index in [1.807, 2.05) is 29.1 Å². The lowest BCUT2D eigenvalue weighted by Crippen LogP contribution is -2.23. The lowest BCUT2D eigenvalue weighted by atomic mass is 10.0. The number of aryl methyl sites for hydroxylation is 1. The van der Waals surface area contributed by atoms with Crippen molar-refractivity contribution in [1.29, 1.82) is 0 Å². The minimum absolute atomic E-state index is 0.100. The van der Waals surface area contributed by atoms with Gasteiger partial charge >= 0.3 is 0 Å². The Morgan fingerprint density at radius 3 is 2.85 bits per heavy atom. The van der Waals surface area contributed by atoms with Crippen molar-refractivity contribution < 1.29 is 0 Å². The Morgan fingerprint density at radius 2 is 2.20 bits per heavy atom. The van der Waals surface area contributed by atoms with E-state index in [1.165, 1.54) is 0 Å². The van der Waals surface area contributed by atoms with Crippen molar-refractivity contribution in [3.8, 4) is 0 Å². The van der Waals surface area contributed by atoms with Crippen LogP contribution < -0.4 is 5.32 Å². The predicted octanol–water partition coefficient (Wildman–Crippen LogP) is 4.41. The summed E-state index contributed by atoms with van der Waals surface area (Å²) in [5, 5.41) is 8.68. The highest BCUT2D eigenvalue weighted by molar-refractivity contribution is 9.10. The van der Waals surface area contributed by atoms with Crippen LogP contribution in [0.1, 0.15) is 37.4 Å². The van der Waals surface area contributed by atoms with Crippen LogP contribution in [0.2, 0.25) is 5.02 Å². The third-order valence-electron chi connectivity index (χ3n) is 3.18. The number of nitrogens with zero attached hydrogens (tertiary/aromatic N) is 2. The van der Waals surface area contributed by atoms with Crippen molar-refractivity contribution in [2.45, 2.75) is 32.9 Å². The summed E-state index contributed by atoms with van der Waals surface area (Å²) in [6.07, 6.45) is 5.08. The zero-order valence-electron chi connectivity index (χ0n) is 11.7. The van der Waals surface area contributed by atoms with E-state index in [0.717, 1.165) is 40.1 Å². The molecule has 0 fully saturated rings. The molecule has 2 aromatic rings. The first-order valence-corrected chi connectivity index (χ1v) is 8.03. The third kappa shape index (κ3) is 3.62. The molecule has 0 saturated carbocycles. The van der Waals surface area contributed by atoms with Crippen LogP contribution in [0.25, 0.3) is 0 Å². The lowest BCUT2D eigenvalue weighted by Gasteiger charge is -2.19. The van der Waals surface area contributed by atoms with Gasteiger partial charge in [0.2, 0.25) is 0 Å². The number of aromatic nitrogens is 2. The quantitative estimate of drug-likeness (QED) is 0.831. The first kappa shape index (κ1) is 15.5.